The molecule has 0 saturated carbocycles. The average Bonchev–Trinajstić information content (AvgIpc) is 2.29. The predicted molar refractivity (Wildman–Crippen MR) is 63.3 cm³/mol. The standard InChI is InChI=1S/C12H12ClNO3/c13-10-3-1-2-9-8(10)4-6-14(12(9)17)7-5-11(15)16/h1-3H,4-7H2,(H,15,16). The van der Waals surface area contributed by atoms with E-state index in [0.717, 1.165) is 5.56 Å². The van der Waals surface area contributed by atoms with Crippen molar-refractivity contribution in [3.05, 3.63) is 34.3 Å². The molecule has 0 aliphatic carbocycles. The van der Waals surface area contributed by atoms with Gasteiger partial charge in [-0.3, -0.25) is 9.59 Å². The van der Waals surface area contributed by atoms with E-state index in [0.29, 0.717) is 23.6 Å². The van der Waals surface area contributed by atoms with Gasteiger partial charge >= 0.3 is 5.97 Å². The van der Waals surface area contributed by atoms with Crippen molar-refractivity contribution in [2.45, 2.75) is 12.8 Å². The Balaban J connectivity index is 2.19. The second-order valence-corrected chi connectivity index (χ2v) is 4.36. The number of halogens is 1. The minimum Gasteiger partial charge on any atom is -0.481 e. The van der Waals surface area contributed by atoms with Gasteiger partial charge in [-0.05, 0) is 24.1 Å². The maximum atomic E-state index is 12.1. The Kier molecular flexibility index (Phi) is 3.33. The highest BCUT2D eigenvalue weighted by Gasteiger charge is 2.25. The quantitative estimate of drug-likeness (QED) is 0.894. The number of fused-ring (bicyclic) bond motifs is 1. The molecule has 0 bridgehead atoms. The highest BCUT2D eigenvalue weighted by atomic mass is 35.5. The molecule has 1 aliphatic heterocycles. The Hall–Kier alpha value is -1.55. The zero-order valence-corrected chi connectivity index (χ0v) is 9.91. The van der Waals surface area contributed by atoms with Crippen LogP contribution in [0.15, 0.2) is 18.2 Å². The number of carboxylic acids is 1. The van der Waals surface area contributed by atoms with Crippen LogP contribution in [0, 0.1) is 0 Å². The smallest absolute Gasteiger partial charge is 0.305 e. The highest BCUT2D eigenvalue weighted by Crippen LogP contribution is 2.25. The summed E-state index contributed by atoms with van der Waals surface area (Å²) in [7, 11) is 0. The monoisotopic (exact) mass is 253 g/mol. The molecule has 1 N–H and O–H groups in total. The molecule has 0 radical (unpaired) electrons. The lowest BCUT2D eigenvalue weighted by atomic mass is 9.99. The van der Waals surface area contributed by atoms with Gasteiger partial charge in [0.05, 0.1) is 6.42 Å². The maximum Gasteiger partial charge on any atom is 0.305 e. The molecule has 5 heteroatoms. The molecule has 1 heterocycles. The normalized spacial score (nSPS) is 14.6. The van der Waals surface area contributed by atoms with Gasteiger partial charge in [-0.1, -0.05) is 17.7 Å². The molecule has 0 unspecified atom stereocenters. The van der Waals surface area contributed by atoms with Crippen LogP contribution in [0.5, 0.6) is 0 Å². The second kappa shape index (κ2) is 4.75. The van der Waals surface area contributed by atoms with E-state index >= 15 is 0 Å². The van der Waals surface area contributed by atoms with Gasteiger partial charge in [-0.2, -0.15) is 0 Å². The van der Waals surface area contributed by atoms with Crippen LogP contribution in [-0.2, 0) is 11.2 Å². The molecule has 1 aliphatic rings. The lowest BCUT2D eigenvalue weighted by Gasteiger charge is -2.28. The molecule has 0 saturated heterocycles. The summed E-state index contributed by atoms with van der Waals surface area (Å²) >= 11 is 6.02. The molecule has 0 aromatic heterocycles. The molecule has 90 valence electrons. The first-order chi connectivity index (χ1) is 8.09. The van der Waals surface area contributed by atoms with Crippen molar-refractivity contribution in [2.75, 3.05) is 13.1 Å². The zero-order valence-electron chi connectivity index (χ0n) is 9.15. The number of carbonyl (C=O) groups is 2. The second-order valence-electron chi connectivity index (χ2n) is 3.95. The SMILES string of the molecule is O=C(O)CCN1CCc2c(Cl)cccc2C1=O. The Morgan fingerprint density at radius 1 is 1.47 bits per heavy atom. The minimum absolute atomic E-state index is 0.0262. The molecule has 0 spiro atoms. The van der Waals surface area contributed by atoms with E-state index in [1.54, 1.807) is 23.1 Å². The molecule has 0 fully saturated rings. The largest absolute Gasteiger partial charge is 0.481 e. The topological polar surface area (TPSA) is 57.6 Å². The van der Waals surface area contributed by atoms with Crippen LogP contribution >= 0.6 is 11.6 Å². The first kappa shape index (κ1) is 11.9. The van der Waals surface area contributed by atoms with E-state index in [9.17, 15) is 9.59 Å². The zero-order chi connectivity index (χ0) is 12.4. The first-order valence-corrected chi connectivity index (χ1v) is 5.76. The number of hydrogen-bond acceptors (Lipinski definition) is 2. The number of aliphatic carboxylic acids is 1. The Bertz CT molecular complexity index is 473. The van der Waals surface area contributed by atoms with Crippen molar-refractivity contribution in [2.24, 2.45) is 0 Å². The van der Waals surface area contributed by atoms with Crippen molar-refractivity contribution in [1.82, 2.24) is 4.90 Å². The number of hydrogen-bond donors (Lipinski definition) is 1. The third-order valence-electron chi connectivity index (χ3n) is 2.86. The van der Waals surface area contributed by atoms with E-state index in [2.05, 4.69) is 0 Å². The fraction of sp³-hybridized carbons (Fsp3) is 0.333. The van der Waals surface area contributed by atoms with Crippen LogP contribution in [0.4, 0.5) is 0 Å². The summed E-state index contributed by atoms with van der Waals surface area (Å²) in [4.78, 5) is 24.1. The van der Waals surface area contributed by atoms with Gasteiger partial charge in [0.2, 0.25) is 0 Å². The van der Waals surface area contributed by atoms with Gasteiger partial charge in [0.1, 0.15) is 0 Å². The van der Waals surface area contributed by atoms with Crippen LogP contribution in [0.25, 0.3) is 0 Å². The Labute approximate surface area is 104 Å². The van der Waals surface area contributed by atoms with E-state index < -0.39 is 5.97 Å². The fourth-order valence-corrected chi connectivity index (χ4v) is 2.24. The molecule has 1 aromatic carbocycles. The number of carboxylic acid groups (broad SMARTS) is 1. The van der Waals surface area contributed by atoms with Gasteiger partial charge in [-0.15, -0.1) is 0 Å². The molecular formula is C12H12ClNO3. The van der Waals surface area contributed by atoms with Gasteiger partial charge in [0, 0.05) is 23.7 Å². The Morgan fingerprint density at radius 3 is 2.94 bits per heavy atom. The van der Waals surface area contributed by atoms with Crippen LogP contribution in [0.3, 0.4) is 0 Å². The Morgan fingerprint density at radius 2 is 2.24 bits per heavy atom. The molecule has 1 aromatic rings. The average molecular weight is 254 g/mol. The lowest BCUT2D eigenvalue weighted by molar-refractivity contribution is -0.137. The molecular weight excluding hydrogens is 242 g/mol. The van der Waals surface area contributed by atoms with Crippen LogP contribution in [0.1, 0.15) is 22.3 Å². The van der Waals surface area contributed by atoms with Gasteiger partial charge in [-0.25, -0.2) is 0 Å². The summed E-state index contributed by atoms with van der Waals surface area (Å²) in [6.07, 6.45) is 0.655. The van der Waals surface area contributed by atoms with Crippen molar-refractivity contribution in [1.29, 1.82) is 0 Å². The lowest BCUT2D eigenvalue weighted by Crippen LogP contribution is -2.38. The number of amides is 1. The summed E-state index contributed by atoms with van der Waals surface area (Å²) in [5.74, 6) is -1.02. The van der Waals surface area contributed by atoms with E-state index in [-0.39, 0.29) is 18.9 Å². The van der Waals surface area contributed by atoms with Crippen molar-refractivity contribution >= 4 is 23.5 Å². The van der Waals surface area contributed by atoms with E-state index in [4.69, 9.17) is 16.7 Å². The van der Waals surface area contributed by atoms with Gasteiger partial charge in [0.15, 0.2) is 0 Å². The number of nitrogens with zero attached hydrogens (tertiary/aromatic N) is 1. The summed E-state index contributed by atoms with van der Waals surface area (Å²) in [5.41, 5.74) is 1.46. The van der Waals surface area contributed by atoms with E-state index in [1.807, 2.05) is 0 Å². The molecule has 2 rings (SSSR count). The molecule has 4 nitrogen and oxygen atoms in total. The summed E-state index contributed by atoms with van der Waals surface area (Å²) in [6, 6.07) is 5.23. The molecule has 0 atom stereocenters. The number of rotatable bonds is 3. The summed E-state index contributed by atoms with van der Waals surface area (Å²) < 4.78 is 0. The molecule has 17 heavy (non-hydrogen) atoms. The third-order valence-corrected chi connectivity index (χ3v) is 3.22. The van der Waals surface area contributed by atoms with Crippen LogP contribution < -0.4 is 0 Å². The van der Waals surface area contributed by atoms with Crippen LogP contribution in [-0.4, -0.2) is 35.0 Å². The number of benzene rings is 1. The minimum atomic E-state index is -0.894. The maximum absolute atomic E-state index is 12.1. The van der Waals surface area contributed by atoms with Crippen LogP contribution in [0.2, 0.25) is 5.02 Å². The predicted octanol–water partition coefficient (Wildman–Crippen LogP) is 1.81. The van der Waals surface area contributed by atoms with Crippen molar-refractivity contribution in [3.63, 3.8) is 0 Å². The van der Waals surface area contributed by atoms with E-state index in [1.165, 1.54) is 0 Å². The summed E-state index contributed by atoms with van der Waals surface area (Å²) in [5, 5.41) is 9.22. The highest BCUT2D eigenvalue weighted by molar-refractivity contribution is 6.32. The summed E-state index contributed by atoms with van der Waals surface area (Å²) in [6.45, 7) is 0.781. The third kappa shape index (κ3) is 2.42. The van der Waals surface area contributed by atoms with Crippen molar-refractivity contribution < 1.29 is 14.7 Å². The van der Waals surface area contributed by atoms with Crippen molar-refractivity contribution in [3.8, 4) is 0 Å². The fourth-order valence-electron chi connectivity index (χ4n) is 1.98. The number of carbonyl (C=O) groups excluding carboxylic acids is 1. The molecule has 1 amide bonds. The van der Waals surface area contributed by atoms with Gasteiger partial charge < -0.3 is 10.0 Å². The first-order valence-electron chi connectivity index (χ1n) is 5.38. The van der Waals surface area contributed by atoms with Gasteiger partial charge in [0.25, 0.3) is 5.91 Å².